The van der Waals surface area contributed by atoms with E-state index in [-0.39, 0.29) is 35.3 Å². The van der Waals surface area contributed by atoms with Gasteiger partial charge in [0.05, 0.1) is 16.5 Å². The van der Waals surface area contributed by atoms with Gasteiger partial charge in [-0.15, -0.1) is 0 Å². The van der Waals surface area contributed by atoms with Crippen LogP contribution in [0.25, 0.3) is 0 Å². The molecule has 2 rings (SSSR count). The molecule has 1 aliphatic heterocycles. The zero-order valence-corrected chi connectivity index (χ0v) is 15.4. The fraction of sp³-hybridized carbons (Fsp3) is 0.474. The molecule has 0 saturated carbocycles. The van der Waals surface area contributed by atoms with E-state index in [1.54, 1.807) is 0 Å². The van der Waals surface area contributed by atoms with Crippen LogP contribution < -0.4 is 0 Å². The second-order valence-corrected chi connectivity index (χ2v) is 7.39. The Labute approximate surface area is 152 Å². The number of rotatable bonds is 7. The van der Waals surface area contributed by atoms with Crippen LogP contribution in [0.4, 0.5) is 5.69 Å². The van der Waals surface area contributed by atoms with Crippen LogP contribution in [0.3, 0.4) is 0 Å². The number of nitrogens with zero attached hydrogens (tertiary/aromatic N) is 2. The van der Waals surface area contributed by atoms with Gasteiger partial charge < -0.3 is 10.0 Å². The molecule has 26 heavy (non-hydrogen) atoms. The Hall–Kier alpha value is -2.70. The molecular formula is C19H24N2O5. The van der Waals surface area contributed by atoms with Gasteiger partial charge in [-0.1, -0.05) is 27.7 Å². The van der Waals surface area contributed by atoms with E-state index >= 15 is 0 Å². The number of ketones is 1. The summed E-state index contributed by atoms with van der Waals surface area (Å²) in [6.45, 7) is 8.01. The molecule has 1 aromatic carbocycles. The van der Waals surface area contributed by atoms with Crippen molar-refractivity contribution in [2.75, 3.05) is 6.54 Å². The van der Waals surface area contributed by atoms with Gasteiger partial charge in [-0.2, -0.15) is 0 Å². The van der Waals surface area contributed by atoms with E-state index in [0.717, 1.165) is 0 Å². The Morgan fingerprint density at radius 3 is 2.23 bits per heavy atom. The summed E-state index contributed by atoms with van der Waals surface area (Å²) in [5, 5.41) is 21.2. The van der Waals surface area contributed by atoms with Gasteiger partial charge in [0.2, 0.25) is 0 Å². The number of aliphatic hydroxyl groups excluding tert-OH is 1. The molecule has 0 bridgehead atoms. The Kier molecular flexibility index (Phi) is 5.79. The van der Waals surface area contributed by atoms with Crippen molar-refractivity contribution in [3.63, 3.8) is 0 Å². The number of benzene rings is 1. The van der Waals surface area contributed by atoms with Gasteiger partial charge in [0.1, 0.15) is 0 Å². The maximum atomic E-state index is 12.7. The highest BCUT2D eigenvalue weighted by Crippen LogP contribution is 2.39. The average molecular weight is 360 g/mol. The minimum atomic E-state index is -0.725. The van der Waals surface area contributed by atoms with Crippen LogP contribution in [-0.2, 0) is 9.59 Å². The predicted octanol–water partition coefficient (Wildman–Crippen LogP) is 3.56. The zero-order valence-electron chi connectivity index (χ0n) is 15.4. The maximum absolute atomic E-state index is 12.7. The molecule has 7 heteroatoms. The number of nitro benzene ring substituents is 1. The van der Waals surface area contributed by atoms with Crippen LogP contribution in [0, 0.1) is 22.0 Å². The molecule has 1 aliphatic rings. The van der Waals surface area contributed by atoms with E-state index in [9.17, 15) is 24.8 Å². The molecule has 1 aromatic rings. The van der Waals surface area contributed by atoms with Crippen molar-refractivity contribution in [2.24, 2.45) is 11.8 Å². The van der Waals surface area contributed by atoms with Crippen LogP contribution >= 0.6 is 0 Å². The van der Waals surface area contributed by atoms with E-state index in [1.807, 2.05) is 27.7 Å². The van der Waals surface area contributed by atoms with Crippen LogP contribution in [0.5, 0.6) is 0 Å². The first-order valence-electron chi connectivity index (χ1n) is 8.65. The van der Waals surface area contributed by atoms with Crippen LogP contribution in [0.2, 0.25) is 0 Å². The monoisotopic (exact) mass is 360 g/mol. The molecule has 1 N–H and O–H groups in total. The van der Waals surface area contributed by atoms with Crippen molar-refractivity contribution in [1.29, 1.82) is 0 Å². The van der Waals surface area contributed by atoms with E-state index in [4.69, 9.17) is 0 Å². The summed E-state index contributed by atoms with van der Waals surface area (Å²) in [5.74, 6) is -1.16. The Morgan fingerprint density at radius 2 is 1.77 bits per heavy atom. The van der Waals surface area contributed by atoms with E-state index in [0.29, 0.717) is 12.1 Å². The van der Waals surface area contributed by atoms with Crippen molar-refractivity contribution in [1.82, 2.24) is 4.90 Å². The lowest BCUT2D eigenvalue weighted by molar-refractivity contribution is -0.384. The van der Waals surface area contributed by atoms with Crippen molar-refractivity contribution in [3.8, 4) is 0 Å². The second kappa shape index (κ2) is 7.68. The Morgan fingerprint density at radius 1 is 1.19 bits per heavy atom. The number of carbonyl (C=O) groups is 2. The summed E-state index contributed by atoms with van der Waals surface area (Å²) in [4.78, 5) is 37.1. The minimum Gasteiger partial charge on any atom is -0.503 e. The van der Waals surface area contributed by atoms with Crippen LogP contribution in [-0.4, -0.2) is 33.2 Å². The van der Waals surface area contributed by atoms with E-state index in [2.05, 4.69) is 0 Å². The van der Waals surface area contributed by atoms with Crippen LogP contribution in [0.15, 0.2) is 35.6 Å². The molecule has 0 fully saturated rings. The molecule has 0 aromatic heterocycles. The number of Topliss-reactive ketones (excluding diaryl/α,β-unsaturated/α-hetero) is 1. The smallest absolute Gasteiger partial charge is 0.290 e. The van der Waals surface area contributed by atoms with Gasteiger partial charge in [-0.05, 0) is 29.5 Å². The quantitative estimate of drug-likeness (QED) is 0.592. The summed E-state index contributed by atoms with van der Waals surface area (Å²) < 4.78 is 0. The normalized spacial score (nSPS) is 17.5. The molecule has 0 saturated heterocycles. The van der Waals surface area contributed by atoms with Gasteiger partial charge in [-0.25, -0.2) is 0 Å². The third-order valence-corrected chi connectivity index (χ3v) is 4.18. The standard InChI is InChI=1S/C19H24N2O5/c1-11(2)9-15(22)16-17(13-5-7-14(8-6-13)21(25)26)20(10-12(3)4)19(24)18(16)23/h5-8,11-12,17,23H,9-10H2,1-4H3. The number of non-ortho nitro benzene ring substituents is 1. The number of aliphatic hydroxyl groups is 1. The van der Waals surface area contributed by atoms with Crippen molar-refractivity contribution < 1.29 is 19.6 Å². The summed E-state index contributed by atoms with van der Waals surface area (Å²) in [6.07, 6.45) is 0.214. The molecule has 1 atom stereocenters. The third-order valence-electron chi connectivity index (χ3n) is 4.18. The fourth-order valence-electron chi connectivity index (χ4n) is 3.13. The number of hydrogen-bond acceptors (Lipinski definition) is 5. The van der Waals surface area contributed by atoms with Crippen LogP contribution in [0.1, 0.15) is 45.7 Å². The number of hydrogen-bond donors (Lipinski definition) is 1. The van der Waals surface area contributed by atoms with Gasteiger partial charge in [-0.3, -0.25) is 19.7 Å². The molecule has 0 aliphatic carbocycles. The molecule has 1 amide bonds. The average Bonchev–Trinajstić information content (AvgIpc) is 2.78. The van der Waals surface area contributed by atoms with Gasteiger partial charge in [0.15, 0.2) is 11.5 Å². The Bertz CT molecular complexity index is 750. The second-order valence-electron chi connectivity index (χ2n) is 7.39. The molecule has 140 valence electrons. The first-order valence-corrected chi connectivity index (χ1v) is 8.65. The lowest BCUT2D eigenvalue weighted by Crippen LogP contribution is -2.34. The minimum absolute atomic E-state index is 0.0725. The van der Waals surface area contributed by atoms with Crippen molar-refractivity contribution in [3.05, 3.63) is 51.3 Å². The molecular weight excluding hydrogens is 336 g/mol. The van der Waals surface area contributed by atoms with Crippen molar-refractivity contribution in [2.45, 2.75) is 40.2 Å². The molecule has 0 radical (unpaired) electrons. The number of amides is 1. The molecule has 7 nitrogen and oxygen atoms in total. The fourth-order valence-corrected chi connectivity index (χ4v) is 3.13. The van der Waals surface area contributed by atoms with E-state index in [1.165, 1.54) is 29.2 Å². The predicted molar refractivity (Wildman–Crippen MR) is 96.5 cm³/mol. The van der Waals surface area contributed by atoms with E-state index < -0.39 is 22.6 Å². The summed E-state index contributed by atoms with van der Waals surface area (Å²) in [7, 11) is 0. The highest BCUT2D eigenvalue weighted by atomic mass is 16.6. The number of nitro groups is 1. The lowest BCUT2D eigenvalue weighted by Gasteiger charge is -2.28. The van der Waals surface area contributed by atoms with Gasteiger partial charge in [0.25, 0.3) is 11.6 Å². The summed E-state index contributed by atoms with van der Waals surface area (Å²) >= 11 is 0. The largest absolute Gasteiger partial charge is 0.503 e. The summed E-state index contributed by atoms with van der Waals surface area (Å²) in [6, 6.07) is 5.02. The summed E-state index contributed by atoms with van der Waals surface area (Å²) in [5.41, 5.74) is 0.579. The Balaban J connectivity index is 2.50. The first kappa shape index (κ1) is 19.6. The molecule has 1 heterocycles. The molecule has 1 unspecified atom stereocenters. The zero-order chi connectivity index (χ0) is 19.6. The highest BCUT2D eigenvalue weighted by molar-refractivity contribution is 6.09. The SMILES string of the molecule is CC(C)CC(=O)C1=C(O)C(=O)N(CC(C)C)C1c1ccc([N+](=O)[O-])cc1. The topological polar surface area (TPSA) is 101 Å². The molecule has 0 spiro atoms. The van der Waals surface area contributed by atoms with Crippen molar-refractivity contribution >= 4 is 17.4 Å². The number of carbonyl (C=O) groups excluding carboxylic acids is 2. The lowest BCUT2D eigenvalue weighted by atomic mass is 9.92. The van der Waals surface area contributed by atoms with Gasteiger partial charge in [0, 0.05) is 25.1 Å². The van der Waals surface area contributed by atoms with Gasteiger partial charge >= 0.3 is 0 Å². The highest BCUT2D eigenvalue weighted by Gasteiger charge is 2.43. The maximum Gasteiger partial charge on any atom is 0.290 e. The first-order chi connectivity index (χ1) is 12.1. The third kappa shape index (κ3) is 3.92.